The van der Waals surface area contributed by atoms with Gasteiger partial charge in [-0.3, -0.25) is 4.90 Å². The fourth-order valence-electron chi connectivity index (χ4n) is 2.72. The van der Waals surface area contributed by atoms with Gasteiger partial charge in [0.05, 0.1) is 0 Å². The van der Waals surface area contributed by atoms with Crippen LogP contribution in [-0.2, 0) is 4.79 Å². The van der Waals surface area contributed by atoms with E-state index in [1.54, 1.807) is 11.9 Å². The van der Waals surface area contributed by atoms with E-state index in [4.69, 9.17) is 5.11 Å². The summed E-state index contributed by atoms with van der Waals surface area (Å²) in [5.41, 5.74) is 0. The molecule has 116 valence electrons. The second-order valence-electron chi connectivity index (χ2n) is 5.43. The average Bonchev–Trinajstić information content (AvgIpc) is 2.85. The molecule has 20 heavy (non-hydrogen) atoms. The van der Waals surface area contributed by atoms with Crippen molar-refractivity contribution < 1.29 is 14.7 Å². The topological polar surface area (TPSA) is 72.9 Å². The van der Waals surface area contributed by atoms with Gasteiger partial charge < -0.3 is 15.3 Å². The van der Waals surface area contributed by atoms with Gasteiger partial charge in [-0.1, -0.05) is 20.3 Å². The molecule has 0 spiro atoms. The number of nitrogens with one attached hydrogen (secondary N) is 1. The predicted molar refractivity (Wildman–Crippen MR) is 77.8 cm³/mol. The second kappa shape index (κ2) is 8.09. The van der Waals surface area contributed by atoms with E-state index in [0.29, 0.717) is 19.0 Å². The van der Waals surface area contributed by atoms with Crippen LogP contribution < -0.4 is 5.32 Å². The van der Waals surface area contributed by atoms with Gasteiger partial charge in [0.1, 0.15) is 6.04 Å². The largest absolute Gasteiger partial charge is 0.480 e. The number of hydrogen-bond donors (Lipinski definition) is 2. The third-order valence-corrected chi connectivity index (χ3v) is 3.91. The molecule has 2 atom stereocenters. The third kappa shape index (κ3) is 4.67. The van der Waals surface area contributed by atoms with E-state index in [-0.39, 0.29) is 6.03 Å². The van der Waals surface area contributed by atoms with Crippen LogP contribution in [0.5, 0.6) is 0 Å². The zero-order chi connectivity index (χ0) is 15.1. The molecule has 1 aliphatic heterocycles. The van der Waals surface area contributed by atoms with Crippen LogP contribution in [0, 0.1) is 0 Å². The first-order valence-electron chi connectivity index (χ1n) is 7.48. The van der Waals surface area contributed by atoms with Crippen molar-refractivity contribution >= 4 is 12.0 Å². The van der Waals surface area contributed by atoms with Crippen LogP contribution in [0.2, 0.25) is 0 Å². The molecule has 0 radical (unpaired) electrons. The van der Waals surface area contributed by atoms with Gasteiger partial charge in [-0.2, -0.15) is 0 Å². The Bertz CT molecular complexity index is 336. The number of aliphatic carboxylic acids is 1. The number of likely N-dealkylation sites (tertiary alicyclic amines) is 1. The van der Waals surface area contributed by atoms with E-state index >= 15 is 0 Å². The quantitative estimate of drug-likeness (QED) is 0.741. The number of amides is 2. The standard InChI is InChI=1S/C14H27N3O3/c1-4-7-12(13(18)19)15-14(20)16(3)10-11-8-6-9-17(11)5-2/h11-12H,4-10H2,1-3H3,(H,15,20)(H,18,19)/t11?,12-/m1/s1. The molecule has 1 aliphatic rings. The second-order valence-corrected chi connectivity index (χ2v) is 5.43. The van der Waals surface area contributed by atoms with E-state index < -0.39 is 12.0 Å². The molecule has 1 rings (SSSR count). The highest BCUT2D eigenvalue weighted by atomic mass is 16.4. The summed E-state index contributed by atoms with van der Waals surface area (Å²) in [6.07, 6.45) is 3.46. The SMILES string of the molecule is CCC[C@@H](NC(=O)N(C)CC1CCCN1CC)C(=O)O. The molecule has 0 aromatic carbocycles. The Balaban J connectivity index is 2.47. The summed E-state index contributed by atoms with van der Waals surface area (Å²) in [6.45, 7) is 6.76. The molecule has 6 heteroatoms. The maximum absolute atomic E-state index is 12.0. The number of carboxylic acids is 1. The van der Waals surface area contributed by atoms with Crippen molar-refractivity contribution in [1.82, 2.24) is 15.1 Å². The highest BCUT2D eigenvalue weighted by Crippen LogP contribution is 2.17. The first kappa shape index (κ1) is 16.8. The smallest absolute Gasteiger partial charge is 0.326 e. The molecule has 6 nitrogen and oxygen atoms in total. The van der Waals surface area contributed by atoms with Gasteiger partial charge in [0.15, 0.2) is 0 Å². The van der Waals surface area contributed by atoms with Crippen molar-refractivity contribution in [1.29, 1.82) is 0 Å². The molecular weight excluding hydrogens is 258 g/mol. The van der Waals surface area contributed by atoms with Crippen LogP contribution in [-0.4, -0.2) is 65.7 Å². The lowest BCUT2D eigenvalue weighted by molar-refractivity contribution is -0.139. The van der Waals surface area contributed by atoms with Gasteiger partial charge in [0.25, 0.3) is 0 Å². The van der Waals surface area contributed by atoms with Gasteiger partial charge in [-0.25, -0.2) is 9.59 Å². The molecule has 0 bridgehead atoms. The molecule has 1 heterocycles. The summed E-state index contributed by atoms with van der Waals surface area (Å²) < 4.78 is 0. The minimum atomic E-state index is -0.968. The van der Waals surface area contributed by atoms with Crippen molar-refractivity contribution in [3.63, 3.8) is 0 Å². The molecule has 0 saturated carbocycles. The number of carbonyl (C=O) groups excluding carboxylic acids is 1. The summed E-state index contributed by atoms with van der Waals surface area (Å²) in [6, 6.07) is -0.695. The minimum Gasteiger partial charge on any atom is -0.480 e. The van der Waals surface area contributed by atoms with Crippen molar-refractivity contribution in [2.45, 2.75) is 51.6 Å². The lowest BCUT2D eigenvalue weighted by Gasteiger charge is -2.28. The molecule has 1 unspecified atom stereocenters. The van der Waals surface area contributed by atoms with Crippen LogP contribution >= 0.6 is 0 Å². The highest BCUT2D eigenvalue weighted by molar-refractivity contribution is 5.82. The molecule has 0 aromatic rings. The fourth-order valence-corrected chi connectivity index (χ4v) is 2.72. The summed E-state index contributed by atoms with van der Waals surface area (Å²) in [5, 5.41) is 11.7. The fraction of sp³-hybridized carbons (Fsp3) is 0.857. The van der Waals surface area contributed by atoms with Gasteiger partial charge >= 0.3 is 12.0 Å². The minimum absolute atomic E-state index is 0.297. The number of likely N-dealkylation sites (N-methyl/N-ethyl adjacent to an activating group) is 2. The van der Waals surface area contributed by atoms with Crippen molar-refractivity contribution in [2.24, 2.45) is 0 Å². The summed E-state index contributed by atoms with van der Waals surface area (Å²) in [5.74, 6) is -0.968. The van der Waals surface area contributed by atoms with Gasteiger partial charge in [-0.05, 0) is 32.4 Å². The van der Waals surface area contributed by atoms with Crippen LogP contribution in [0.1, 0.15) is 39.5 Å². The number of rotatable bonds is 7. The van der Waals surface area contributed by atoms with E-state index in [0.717, 1.165) is 25.9 Å². The molecule has 2 amide bonds. The van der Waals surface area contributed by atoms with Crippen LogP contribution in [0.3, 0.4) is 0 Å². The Kier molecular flexibility index (Phi) is 6.78. The van der Waals surface area contributed by atoms with Crippen molar-refractivity contribution in [3.05, 3.63) is 0 Å². The maximum atomic E-state index is 12.0. The third-order valence-electron chi connectivity index (χ3n) is 3.91. The number of hydrogen-bond acceptors (Lipinski definition) is 3. The summed E-state index contributed by atoms with van der Waals surface area (Å²) in [4.78, 5) is 27.1. The number of carbonyl (C=O) groups is 2. The van der Waals surface area contributed by atoms with Crippen LogP contribution in [0.25, 0.3) is 0 Å². The average molecular weight is 285 g/mol. The molecule has 2 N–H and O–H groups in total. The summed E-state index contributed by atoms with van der Waals surface area (Å²) in [7, 11) is 1.73. The normalized spacial score (nSPS) is 20.6. The molecule has 0 aliphatic carbocycles. The molecular formula is C14H27N3O3. The highest BCUT2D eigenvalue weighted by Gasteiger charge is 2.27. The van der Waals surface area contributed by atoms with E-state index in [1.165, 1.54) is 6.42 Å². The molecule has 1 fully saturated rings. The first-order chi connectivity index (χ1) is 9.49. The number of nitrogens with zero attached hydrogens (tertiary/aromatic N) is 2. The maximum Gasteiger partial charge on any atom is 0.326 e. The van der Waals surface area contributed by atoms with E-state index in [1.807, 2.05) is 6.92 Å². The van der Waals surface area contributed by atoms with Crippen LogP contribution in [0.15, 0.2) is 0 Å². The zero-order valence-corrected chi connectivity index (χ0v) is 12.8. The van der Waals surface area contributed by atoms with Gasteiger partial charge in [-0.15, -0.1) is 0 Å². The Morgan fingerprint density at radius 3 is 2.70 bits per heavy atom. The lowest BCUT2D eigenvalue weighted by atomic mass is 10.2. The monoisotopic (exact) mass is 285 g/mol. The Morgan fingerprint density at radius 2 is 2.15 bits per heavy atom. The van der Waals surface area contributed by atoms with Gasteiger partial charge in [0, 0.05) is 19.6 Å². The van der Waals surface area contributed by atoms with Crippen molar-refractivity contribution in [2.75, 3.05) is 26.7 Å². The first-order valence-corrected chi connectivity index (χ1v) is 7.48. The molecule has 1 saturated heterocycles. The van der Waals surface area contributed by atoms with E-state index in [2.05, 4.69) is 17.1 Å². The summed E-state index contributed by atoms with van der Waals surface area (Å²) >= 11 is 0. The Labute approximate surface area is 121 Å². The predicted octanol–water partition coefficient (Wildman–Crippen LogP) is 1.37. The van der Waals surface area contributed by atoms with Crippen LogP contribution in [0.4, 0.5) is 4.79 Å². The Morgan fingerprint density at radius 1 is 1.45 bits per heavy atom. The number of carboxylic acid groups (broad SMARTS) is 1. The Hall–Kier alpha value is -1.30. The number of urea groups is 1. The van der Waals surface area contributed by atoms with Crippen molar-refractivity contribution in [3.8, 4) is 0 Å². The van der Waals surface area contributed by atoms with Gasteiger partial charge in [0.2, 0.25) is 0 Å². The molecule has 0 aromatic heterocycles. The zero-order valence-electron chi connectivity index (χ0n) is 12.8. The van der Waals surface area contributed by atoms with E-state index in [9.17, 15) is 9.59 Å². The lowest BCUT2D eigenvalue weighted by Crippen LogP contribution is -2.49.